The standard InChI is InChI=1S/C28H28Cl2F3N5O3/c29-22-6-3-5-21(25(22)30)19-14-36(27(41)37(15-19)17-28(31,32)33)16-24(39)35-11-9-20(10-12-35)38-13-8-18-4-1-2-7-23(18)34-26(38)40/h1-7,14,20H,8-13,15-17H2,(H,34,40). The SMILES string of the molecule is O=C(CN1C=C(c2cccc(Cl)c2Cl)CN(CC(F)(F)F)C1=O)N1CCC(N2CCc3ccccc3NC2=O)CC1. The predicted octanol–water partition coefficient (Wildman–Crippen LogP) is 5.72. The van der Waals surface area contributed by atoms with Crippen LogP contribution in [-0.2, 0) is 11.2 Å². The molecule has 0 bridgehead atoms. The minimum atomic E-state index is -4.63. The summed E-state index contributed by atoms with van der Waals surface area (Å²) in [6, 6.07) is 11.3. The van der Waals surface area contributed by atoms with Gasteiger partial charge in [0.1, 0.15) is 13.1 Å². The van der Waals surface area contributed by atoms with E-state index in [1.54, 1.807) is 28.0 Å². The topological polar surface area (TPSA) is 76.2 Å². The molecule has 8 nitrogen and oxygen atoms in total. The normalized spacial score (nSPS) is 18.6. The van der Waals surface area contributed by atoms with Crippen molar-refractivity contribution in [2.75, 3.05) is 44.6 Å². The first-order valence-corrected chi connectivity index (χ1v) is 14.0. The van der Waals surface area contributed by atoms with E-state index in [-0.39, 0.29) is 28.7 Å². The van der Waals surface area contributed by atoms with Crippen LogP contribution in [0, 0.1) is 0 Å². The molecule has 0 atom stereocenters. The van der Waals surface area contributed by atoms with Crippen LogP contribution < -0.4 is 5.32 Å². The summed E-state index contributed by atoms with van der Waals surface area (Å²) in [5.74, 6) is -0.397. The highest BCUT2D eigenvalue weighted by atomic mass is 35.5. The number of carbonyl (C=O) groups is 3. The molecule has 3 aliphatic heterocycles. The van der Waals surface area contributed by atoms with E-state index in [0.717, 1.165) is 16.2 Å². The lowest BCUT2D eigenvalue weighted by Gasteiger charge is -2.39. The van der Waals surface area contributed by atoms with Crippen molar-refractivity contribution in [3.63, 3.8) is 0 Å². The maximum atomic E-state index is 13.3. The van der Waals surface area contributed by atoms with Gasteiger partial charge in [0.15, 0.2) is 0 Å². The first-order chi connectivity index (χ1) is 19.5. The van der Waals surface area contributed by atoms with Crippen LogP contribution in [-0.4, -0.2) is 89.1 Å². The number of para-hydroxylation sites is 1. The van der Waals surface area contributed by atoms with E-state index >= 15 is 0 Å². The molecule has 13 heteroatoms. The van der Waals surface area contributed by atoms with Gasteiger partial charge in [-0.1, -0.05) is 53.5 Å². The summed E-state index contributed by atoms with van der Waals surface area (Å²) in [4.78, 5) is 44.1. The van der Waals surface area contributed by atoms with Crippen LogP contribution in [0.2, 0.25) is 10.0 Å². The molecule has 0 unspecified atom stereocenters. The van der Waals surface area contributed by atoms with Crippen LogP contribution in [0.4, 0.5) is 28.4 Å². The van der Waals surface area contributed by atoms with E-state index in [2.05, 4.69) is 5.32 Å². The van der Waals surface area contributed by atoms with Gasteiger partial charge in [-0.05, 0) is 42.5 Å². The average Bonchev–Trinajstić information content (AvgIpc) is 3.09. The Bertz CT molecular complexity index is 1380. The van der Waals surface area contributed by atoms with Crippen molar-refractivity contribution in [2.45, 2.75) is 31.5 Å². The molecule has 5 amide bonds. The van der Waals surface area contributed by atoms with Gasteiger partial charge in [-0.15, -0.1) is 0 Å². The number of alkyl halides is 3. The van der Waals surface area contributed by atoms with E-state index < -0.39 is 31.2 Å². The Hall–Kier alpha value is -3.44. The quantitative estimate of drug-likeness (QED) is 0.471. The van der Waals surface area contributed by atoms with Crippen LogP contribution in [0.1, 0.15) is 24.0 Å². The number of benzene rings is 2. The monoisotopic (exact) mass is 609 g/mol. The lowest BCUT2D eigenvalue weighted by molar-refractivity contribution is -0.140. The molecule has 3 heterocycles. The van der Waals surface area contributed by atoms with Crippen molar-refractivity contribution in [3.05, 3.63) is 69.8 Å². The van der Waals surface area contributed by atoms with Gasteiger partial charge in [-0.2, -0.15) is 13.2 Å². The number of carbonyl (C=O) groups excluding carboxylic acids is 3. The number of fused-ring (bicyclic) bond motifs is 1. The van der Waals surface area contributed by atoms with Crippen LogP contribution in [0.25, 0.3) is 5.57 Å². The van der Waals surface area contributed by atoms with Gasteiger partial charge in [-0.3, -0.25) is 9.69 Å². The second kappa shape index (κ2) is 11.8. The Morgan fingerprint density at radius 3 is 2.46 bits per heavy atom. The van der Waals surface area contributed by atoms with E-state index in [4.69, 9.17) is 23.2 Å². The fourth-order valence-electron chi connectivity index (χ4n) is 5.51. The molecule has 1 saturated heterocycles. The molecule has 3 aliphatic rings. The summed E-state index contributed by atoms with van der Waals surface area (Å²) in [5.41, 5.74) is 2.58. The van der Waals surface area contributed by atoms with Gasteiger partial charge in [0.05, 0.1) is 10.0 Å². The molecule has 5 rings (SSSR count). The summed E-state index contributed by atoms with van der Waals surface area (Å²) < 4.78 is 39.9. The molecular formula is C28H28Cl2F3N5O3. The Morgan fingerprint density at radius 1 is 1.00 bits per heavy atom. The van der Waals surface area contributed by atoms with Gasteiger partial charge in [0, 0.05) is 49.7 Å². The number of likely N-dealkylation sites (tertiary alicyclic amines) is 1. The Balaban J connectivity index is 1.26. The van der Waals surface area contributed by atoms with Crippen molar-refractivity contribution in [3.8, 4) is 0 Å². The van der Waals surface area contributed by atoms with Crippen LogP contribution in [0.15, 0.2) is 48.7 Å². The van der Waals surface area contributed by atoms with Gasteiger partial charge < -0.3 is 20.0 Å². The zero-order valence-electron chi connectivity index (χ0n) is 22.0. The molecule has 0 aliphatic carbocycles. The fraction of sp³-hybridized carbons (Fsp3) is 0.393. The lowest BCUT2D eigenvalue weighted by Crippen LogP contribution is -2.53. The number of nitrogens with zero attached hydrogens (tertiary/aromatic N) is 4. The molecule has 0 saturated carbocycles. The molecule has 218 valence electrons. The molecule has 0 aromatic heterocycles. The first kappa shape index (κ1) is 29.1. The molecule has 1 N–H and O–H groups in total. The van der Waals surface area contributed by atoms with Gasteiger partial charge in [0.2, 0.25) is 5.91 Å². The van der Waals surface area contributed by atoms with Gasteiger partial charge in [0.25, 0.3) is 0 Å². The maximum absolute atomic E-state index is 13.3. The summed E-state index contributed by atoms with van der Waals surface area (Å²) in [6.45, 7) is -0.983. The second-order valence-corrected chi connectivity index (χ2v) is 11.1. The molecule has 1 fully saturated rings. The number of urea groups is 2. The van der Waals surface area contributed by atoms with E-state index in [0.29, 0.717) is 54.9 Å². The molecule has 0 radical (unpaired) electrons. The maximum Gasteiger partial charge on any atom is 0.406 e. The number of nitrogens with one attached hydrogen (secondary N) is 1. The van der Waals surface area contributed by atoms with Gasteiger partial charge in [-0.25, -0.2) is 9.59 Å². The van der Waals surface area contributed by atoms with Crippen molar-refractivity contribution in [1.29, 1.82) is 0 Å². The minimum Gasteiger partial charge on any atom is -0.341 e. The third kappa shape index (κ3) is 6.56. The van der Waals surface area contributed by atoms with Crippen LogP contribution in [0.5, 0.6) is 0 Å². The number of anilines is 1. The highest BCUT2D eigenvalue weighted by Gasteiger charge is 2.38. The van der Waals surface area contributed by atoms with E-state index in [1.165, 1.54) is 6.20 Å². The minimum absolute atomic E-state index is 0.0660. The smallest absolute Gasteiger partial charge is 0.341 e. The molecule has 2 aromatic carbocycles. The number of hydrogen-bond acceptors (Lipinski definition) is 3. The average molecular weight is 610 g/mol. The van der Waals surface area contributed by atoms with Crippen molar-refractivity contribution in [1.82, 2.24) is 19.6 Å². The number of piperidine rings is 1. The lowest BCUT2D eigenvalue weighted by atomic mass is 10.0. The predicted molar refractivity (Wildman–Crippen MR) is 150 cm³/mol. The number of hydrogen-bond donors (Lipinski definition) is 1. The van der Waals surface area contributed by atoms with Crippen LogP contribution in [0.3, 0.4) is 0 Å². The second-order valence-electron chi connectivity index (χ2n) is 10.3. The third-order valence-corrected chi connectivity index (χ3v) is 8.38. The van der Waals surface area contributed by atoms with Crippen molar-refractivity contribution in [2.24, 2.45) is 0 Å². The summed E-state index contributed by atoms with van der Waals surface area (Å²) in [6.07, 6.45) is -1.46. The number of rotatable bonds is 5. The largest absolute Gasteiger partial charge is 0.406 e. The zero-order valence-corrected chi connectivity index (χ0v) is 23.5. The number of halogens is 5. The van der Waals surface area contributed by atoms with Crippen molar-refractivity contribution < 1.29 is 27.6 Å². The van der Waals surface area contributed by atoms with E-state index in [1.807, 2.05) is 24.3 Å². The van der Waals surface area contributed by atoms with Gasteiger partial charge >= 0.3 is 18.2 Å². The van der Waals surface area contributed by atoms with Crippen molar-refractivity contribution >= 4 is 52.4 Å². The highest BCUT2D eigenvalue weighted by Crippen LogP contribution is 2.34. The molecule has 0 spiro atoms. The zero-order chi connectivity index (χ0) is 29.3. The Kier molecular flexibility index (Phi) is 8.37. The van der Waals surface area contributed by atoms with Crippen LogP contribution >= 0.6 is 23.2 Å². The molecule has 2 aromatic rings. The Labute approximate surface area is 245 Å². The summed E-state index contributed by atoms with van der Waals surface area (Å²) >= 11 is 12.4. The molecule has 41 heavy (non-hydrogen) atoms. The fourth-order valence-corrected chi connectivity index (χ4v) is 5.93. The number of amides is 5. The first-order valence-electron chi connectivity index (χ1n) is 13.2. The summed E-state index contributed by atoms with van der Waals surface area (Å²) in [5, 5.41) is 3.33. The molecular weight excluding hydrogens is 582 g/mol. The third-order valence-electron chi connectivity index (χ3n) is 7.56. The van der Waals surface area contributed by atoms with E-state index in [9.17, 15) is 27.6 Å². The summed E-state index contributed by atoms with van der Waals surface area (Å²) in [7, 11) is 0. The highest BCUT2D eigenvalue weighted by molar-refractivity contribution is 6.43. The Morgan fingerprint density at radius 2 is 1.73 bits per heavy atom.